The van der Waals surface area contributed by atoms with Crippen molar-refractivity contribution in [3.8, 4) is 0 Å². The lowest BCUT2D eigenvalue weighted by molar-refractivity contribution is -0.314. The average Bonchev–Trinajstić information content (AvgIpc) is 1.78. The van der Waals surface area contributed by atoms with Crippen molar-refractivity contribution in [2.75, 3.05) is 6.16 Å². The number of carboxylic acid groups (broad SMARTS) is 1. The van der Waals surface area contributed by atoms with Crippen LogP contribution in [-0.2, 0) is 9.36 Å². The van der Waals surface area contributed by atoms with Gasteiger partial charge in [0, 0.05) is 5.97 Å². The van der Waals surface area contributed by atoms with Crippen LogP contribution in [0.5, 0.6) is 0 Å². The van der Waals surface area contributed by atoms with Crippen molar-refractivity contribution in [1.82, 2.24) is 0 Å². The number of unbranched alkanes of at least 4 members (excludes halogenated alkanes) is 1. The second-order valence-corrected chi connectivity index (χ2v) is 3.83. The van der Waals surface area contributed by atoms with Crippen LogP contribution in [0.25, 0.3) is 0 Å². The predicted molar refractivity (Wildman–Crippen MR) is 31.3 cm³/mol. The number of carboxylic acids is 1. The molecular formula is C5H8O5P-3. The van der Waals surface area contributed by atoms with Crippen LogP contribution in [0, 0.1) is 0 Å². The predicted octanol–water partition coefficient (Wildman–Crippen LogP) is -2.18. The standard InChI is InChI=1S/C5H11O5P/c6-5(7)3-1-2-4-11(8,9)10/h1-4H2,(H,6,7)(H2,8,9,10)/p-3. The van der Waals surface area contributed by atoms with Gasteiger partial charge in [0.05, 0.1) is 0 Å². The summed E-state index contributed by atoms with van der Waals surface area (Å²) >= 11 is 0. The lowest BCUT2D eigenvalue weighted by Gasteiger charge is -2.29. The molecule has 0 bridgehead atoms. The molecule has 11 heavy (non-hydrogen) atoms. The Morgan fingerprint density at radius 1 is 1.27 bits per heavy atom. The molecule has 0 radical (unpaired) electrons. The van der Waals surface area contributed by atoms with E-state index >= 15 is 0 Å². The van der Waals surface area contributed by atoms with E-state index in [1.807, 2.05) is 0 Å². The van der Waals surface area contributed by atoms with Crippen molar-refractivity contribution >= 4 is 13.6 Å². The normalized spacial score (nSPS) is 11.5. The molecule has 0 aromatic rings. The molecule has 0 fully saturated rings. The van der Waals surface area contributed by atoms with Gasteiger partial charge >= 0.3 is 0 Å². The SMILES string of the molecule is O=C([O-])CCCCP(=O)([O-])[O-]. The summed E-state index contributed by atoms with van der Waals surface area (Å²) in [5.41, 5.74) is 0. The van der Waals surface area contributed by atoms with E-state index < -0.39 is 19.7 Å². The van der Waals surface area contributed by atoms with Crippen molar-refractivity contribution in [3.63, 3.8) is 0 Å². The fourth-order valence-electron chi connectivity index (χ4n) is 0.575. The first-order valence-electron chi connectivity index (χ1n) is 3.13. The van der Waals surface area contributed by atoms with Crippen LogP contribution in [0.1, 0.15) is 19.3 Å². The molecule has 0 aromatic heterocycles. The van der Waals surface area contributed by atoms with Gasteiger partial charge in [0.15, 0.2) is 0 Å². The molecule has 0 atom stereocenters. The van der Waals surface area contributed by atoms with Gasteiger partial charge in [-0.3, -0.25) is 0 Å². The summed E-state index contributed by atoms with van der Waals surface area (Å²) in [4.78, 5) is 29.8. The molecule has 0 amide bonds. The summed E-state index contributed by atoms with van der Waals surface area (Å²) in [5.74, 6) is -1.23. The highest BCUT2D eigenvalue weighted by Crippen LogP contribution is 2.24. The van der Waals surface area contributed by atoms with Crippen LogP contribution in [-0.4, -0.2) is 12.1 Å². The maximum absolute atomic E-state index is 9.99. The highest BCUT2D eigenvalue weighted by molar-refractivity contribution is 7.48. The zero-order valence-electron chi connectivity index (χ0n) is 5.82. The number of rotatable bonds is 5. The second-order valence-electron chi connectivity index (χ2n) is 2.16. The van der Waals surface area contributed by atoms with Crippen LogP contribution in [0.3, 0.4) is 0 Å². The van der Waals surface area contributed by atoms with E-state index in [1.165, 1.54) is 0 Å². The van der Waals surface area contributed by atoms with Crippen LogP contribution in [0.2, 0.25) is 0 Å². The van der Waals surface area contributed by atoms with Gasteiger partial charge in [0.25, 0.3) is 0 Å². The molecular weight excluding hydrogens is 171 g/mol. The maximum atomic E-state index is 9.99. The van der Waals surface area contributed by atoms with E-state index in [0.717, 1.165) is 0 Å². The highest BCUT2D eigenvalue weighted by atomic mass is 31.2. The van der Waals surface area contributed by atoms with Crippen molar-refractivity contribution in [1.29, 1.82) is 0 Å². The Bertz CT molecular complexity index is 172. The number of carbonyl (C=O) groups excluding carboxylic acids is 1. The van der Waals surface area contributed by atoms with Crippen molar-refractivity contribution < 1.29 is 24.3 Å². The molecule has 0 spiro atoms. The molecule has 0 N–H and O–H groups in total. The largest absolute Gasteiger partial charge is 0.811 e. The van der Waals surface area contributed by atoms with Crippen LogP contribution >= 0.6 is 7.60 Å². The van der Waals surface area contributed by atoms with Gasteiger partial charge in [-0.1, -0.05) is 7.60 Å². The van der Waals surface area contributed by atoms with E-state index in [0.29, 0.717) is 0 Å². The number of hydrogen-bond acceptors (Lipinski definition) is 5. The van der Waals surface area contributed by atoms with Crippen LogP contribution < -0.4 is 14.9 Å². The van der Waals surface area contributed by atoms with Gasteiger partial charge < -0.3 is 24.3 Å². The molecule has 66 valence electrons. The molecule has 5 nitrogen and oxygen atoms in total. The summed E-state index contributed by atoms with van der Waals surface area (Å²) in [5, 5.41) is 9.79. The van der Waals surface area contributed by atoms with Gasteiger partial charge in [-0.05, 0) is 25.4 Å². The second kappa shape index (κ2) is 4.49. The summed E-state index contributed by atoms with van der Waals surface area (Å²) in [7, 11) is -4.44. The molecule has 0 aromatic carbocycles. The van der Waals surface area contributed by atoms with Gasteiger partial charge in [-0.25, -0.2) is 0 Å². The Morgan fingerprint density at radius 3 is 2.18 bits per heavy atom. The van der Waals surface area contributed by atoms with Gasteiger partial charge in [-0.15, -0.1) is 0 Å². The molecule has 0 saturated carbocycles. The Hall–Kier alpha value is -0.380. The zero-order chi connectivity index (χ0) is 8.91. The average molecular weight is 179 g/mol. The highest BCUT2D eigenvalue weighted by Gasteiger charge is 1.92. The van der Waals surface area contributed by atoms with E-state index in [4.69, 9.17) is 0 Å². The molecule has 0 saturated heterocycles. The van der Waals surface area contributed by atoms with Gasteiger partial charge in [0.1, 0.15) is 0 Å². The Labute approximate surface area is 64.2 Å². The fourth-order valence-corrected chi connectivity index (χ4v) is 1.19. The van der Waals surface area contributed by atoms with Crippen molar-refractivity contribution in [3.05, 3.63) is 0 Å². The number of carbonyl (C=O) groups is 1. The summed E-state index contributed by atoms with van der Waals surface area (Å²) in [6.07, 6.45) is -0.394. The lowest BCUT2D eigenvalue weighted by atomic mass is 10.3. The van der Waals surface area contributed by atoms with Crippen molar-refractivity contribution in [2.24, 2.45) is 0 Å². The third-order valence-electron chi connectivity index (χ3n) is 1.06. The maximum Gasteiger partial charge on any atom is 0.0414 e. The minimum Gasteiger partial charge on any atom is -0.811 e. The minimum atomic E-state index is -4.44. The molecule has 0 aliphatic rings. The molecule has 0 aliphatic heterocycles. The summed E-state index contributed by atoms with van der Waals surface area (Å²) < 4.78 is 9.99. The third kappa shape index (κ3) is 9.62. The quantitative estimate of drug-likeness (QED) is 0.352. The topological polar surface area (TPSA) is 103 Å². The lowest BCUT2D eigenvalue weighted by Crippen LogP contribution is -2.22. The summed E-state index contributed by atoms with van der Waals surface area (Å²) in [6.45, 7) is 0. The van der Waals surface area contributed by atoms with E-state index in [1.54, 1.807) is 0 Å². The zero-order valence-corrected chi connectivity index (χ0v) is 6.71. The van der Waals surface area contributed by atoms with E-state index in [9.17, 15) is 24.3 Å². The first-order valence-corrected chi connectivity index (χ1v) is 4.85. The number of aliphatic carboxylic acids is 1. The Kier molecular flexibility index (Phi) is 4.33. The molecule has 0 heterocycles. The number of hydrogen-bond donors (Lipinski definition) is 0. The van der Waals surface area contributed by atoms with E-state index in [2.05, 4.69) is 0 Å². The van der Waals surface area contributed by atoms with E-state index in [-0.39, 0.29) is 19.3 Å². The van der Waals surface area contributed by atoms with Crippen LogP contribution in [0.15, 0.2) is 0 Å². The monoisotopic (exact) mass is 179 g/mol. The van der Waals surface area contributed by atoms with Crippen LogP contribution in [0.4, 0.5) is 0 Å². The Morgan fingerprint density at radius 2 is 1.82 bits per heavy atom. The van der Waals surface area contributed by atoms with Gasteiger partial charge in [-0.2, -0.15) is 0 Å². The molecule has 6 heteroatoms. The third-order valence-corrected chi connectivity index (χ3v) is 1.93. The summed E-state index contributed by atoms with van der Waals surface area (Å²) in [6, 6.07) is 0. The fraction of sp³-hybridized carbons (Fsp3) is 0.800. The van der Waals surface area contributed by atoms with Gasteiger partial charge in [0.2, 0.25) is 0 Å². The molecule has 0 rings (SSSR count). The minimum absolute atomic E-state index is 0.0955. The smallest absolute Gasteiger partial charge is 0.0414 e. The Balaban J connectivity index is 3.29. The first-order chi connectivity index (χ1) is 4.92. The van der Waals surface area contributed by atoms with Crippen molar-refractivity contribution in [2.45, 2.75) is 19.3 Å². The first kappa shape index (κ1) is 10.6. The molecule has 0 aliphatic carbocycles. The molecule has 0 unspecified atom stereocenters.